The quantitative estimate of drug-likeness (QED) is 0.788. The van der Waals surface area contributed by atoms with Gasteiger partial charge in [0.05, 0.1) is 12.1 Å². The summed E-state index contributed by atoms with van der Waals surface area (Å²) in [6.07, 6.45) is 7.37. The zero-order valence-electron chi connectivity index (χ0n) is 12.4. The van der Waals surface area contributed by atoms with E-state index in [0.29, 0.717) is 12.3 Å². The Kier molecular flexibility index (Phi) is 4.48. The summed E-state index contributed by atoms with van der Waals surface area (Å²) in [5, 5.41) is 0. The number of urea groups is 1. The summed E-state index contributed by atoms with van der Waals surface area (Å²) in [6.45, 7) is 4.07. The molecule has 3 amide bonds. The molecule has 0 spiro atoms. The molecule has 0 radical (unpaired) electrons. The summed E-state index contributed by atoms with van der Waals surface area (Å²) in [6, 6.07) is 0.148. The summed E-state index contributed by atoms with van der Waals surface area (Å²) >= 11 is 0. The van der Waals surface area contributed by atoms with Crippen LogP contribution in [0.4, 0.5) is 4.79 Å². The standard InChI is InChI=1S/C15H26N2O2/c1-4-8-13(18)17-14(11(2)16(3)15(17)19)12-9-6-5-7-10-12/h11-12,14H,4-10H2,1-3H3/t11-,14-/m0/s1. The normalized spacial score (nSPS) is 29.1. The Morgan fingerprint density at radius 3 is 2.47 bits per heavy atom. The number of hydrogen-bond donors (Lipinski definition) is 0. The summed E-state index contributed by atoms with van der Waals surface area (Å²) < 4.78 is 0. The number of amides is 3. The lowest BCUT2D eigenvalue weighted by Crippen LogP contribution is -2.45. The first-order chi connectivity index (χ1) is 9.07. The number of likely N-dealkylation sites (N-methyl/N-ethyl adjacent to an activating group) is 1. The van der Waals surface area contributed by atoms with E-state index in [1.54, 1.807) is 9.80 Å². The average Bonchev–Trinajstić information content (AvgIpc) is 2.64. The van der Waals surface area contributed by atoms with Crippen LogP contribution in [0, 0.1) is 5.92 Å². The highest BCUT2D eigenvalue weighted by Crippen LogP contribution is 2.36. The van der Waals surface area contributed by atoms with Crippen LogP contribution in [0.2, 0.25) is 0 Å². The van der Waals surface area contributed by atoms with Crippen LogP contribution in [0.5, 0.6) is 0 Å². The predicted molar refractivity (Wildman–Crippen MR) is 74.7 cm³/mol. The van der Waals surface area contributed by atoms with Gasteiger partial charge >= 0.3 is 6.03 Å². The molecule has 108 valence electrons. The molecule has 2 aliphatic rings. The molecule has 0 unspecified atom stereocenters. The van der Waals surface area contributed by atoms with E-state index in [9.17, 15) is 9.59 Å². The van der Waals surface area contributed by atoms with E-state index >= 15 is 0 Å². The van der Waals surface area contributed by atoms with Crippen molar-refractivity contribution in [3.05, 3.63) is 0 Å². The van der Waals surface area contributed by atoms with Crippen molar-refractivity contribution in [3.63, 3.8) is 0 Å². The summed E-state index contributed by atoms with van der Waals surface area (Å²) in [5.41, 5.74) is 0. The highest BCUT2D eigenvalue weighted by Gasteiger charge is 2.47. The van der Waals surface area contributed by atoms with Gasteiger partial charge in [-0.1, -0.05) is 26.2 Å². The minimum atomic E-state index is -0.0958. The Balaban J connectivity index is 2.20. The fraction of sp³-hybridized carbons (Fsp3) is 0.867. The van der Waals surface area contributed by atoms with Crippen molar-refractivity contribution in [2.75, 3.05) is 7.05 Å². The molecule has 1 aliphatic carbocycles. The second-order valence-corrected chi connectivity index (χ2v) is 6.04. The average molecular weight is 266 g/mol. The lowest BCUT2D eigenvalue weighted by Gasteiger charge is -2.34. The van der Waals surface area contributed by atoms with Crippen molar-refractivity contribution in [3.8, 4) is 0 Å². The maximum atomic E-state index is 12.3. The molecule has 0 bridgehead atoms. The molecule has 0 N–H and O–H groups in total. The minimum Gasteiger partial charge on any atom is -0.323 e. The van der Waals surface area contributed by atoms with Crippen LogP contribution in [-0.2, 0) is 4.79 Å². The number of rotatable bonds is 3. The third kappa shape index (κ3) is 2.63. The molecule has 2 rings (SSSR count). The Hall–Kier alpha value is -1.06. The Morgan fingerprint density at radius 2 is 1.89 bits per heavy atom. The number of nitrogens with zero attached hydrogens (tertiary/aromatic N) is 2. The lowest BCUT2D eigenvalue weighted by atomic mass is 9.81. The van der Waals surface area contributed by atoms with E-state index in [1.165, 1.54) is 19.3 Å². The van der Waals surface area contributed by atoms with E-state index < -0.39 is 0 Å². The summed E-state index contributed by atoms with van der Waals surface area (Å²) in [5.74, 6) is 0.512. The molecule has 1 saturated carbocycles. The fourth-order valence-corrected chi connectivity index (χ4v) is 3.60. The first-order valence-electron chi connectivity index (χ1n) is 7.66. The maximum absolute atomic E-state index is 12.3. The van der Waals surface area contributed by atoms with Gasteiger partial charge in [-0.3, -0.25) is 9.69 Å². The molecule has 4 heteroatoms. The zero-order valence-corrected chi connectivity index (χ0v) is 12.4. The largest absolute Gasteiger partial charge is 0.327 e. The van der Waals surface area contributed by atoms with E-state index in [1.807, 2.05) is 14.0 Å². The molecule has 0 aromatic rings. The molecule has 1 heterocycles. The van der Waals surface area contributed by atoms with Gasteiger partial charge in [-0.05, 0) is 32.1 Å². The zero-order chi connectivity index (χ0) is 14.0. The van der Waals surface area contributed by atoms with Crippen LogP contribution >= 0.6 is 0 Å². The Labute approximate surface area is 116 Å². The van der Waals surface area contributed by atoms with E-state index in [0.717, 1.165) is 19.3 Å². The molecule has 4 nitrogen and oxygen atoms in total. The number of carbonyl (C=O) groups is 2. The van der Waals surface area contributed by atoms with Crippen molar-refractivity contribution in [2.45, 2.75) is 70.9 Å². The summed E-state index contributed by atoms with van der Waals surface area (Å²) in [7, 11) is 1.82. The van der Waals surface area contributed by atoms with Crippen LogP contribution in [0.25, 0.3) is 0 Å². The SMILES string of the molecule is CCCC(=O)N1C(=O)N(C)[C@@H](C)[C@H]1C1CCCCC1. The van der Waals surface area contributed by atoms with Gasteiger partial charge in [0.25, 0.3) is 0 Å². The van der Waals surface area contributed by atoms with Gasteiger partial charge in [0.15, 0.2) is 0 Å². The molecule has 0 aromatic heterocycles. The topological polar surface area (TPSA) is 40.6 Å². The molecule has 2 fully saturated rings. The number of carbonyl (C=O) groups excluding carboxylic acids is 2. The van der Waals surface area contributed by atoms with Gasteiger partial charge in [-0.15, -0.1) is 0 Å². The van der Waals surface area contributed by atoms with Crippen molar-refractivity contribution >= 4 is 11.9 Å². The fourth-order valence-electron chi connectivity index (χ4n) is 3.60. The summed E-state index contributed by atoms with van der Waals surface area (Å²) in [4.78, 5) is 27.9. The van der Waals surface area contributed by atoms with Crippen LogP contribution < -0.4 is 0 Å². The van der Waals surface area contributed by atoms with E-state index in [2.05, 4.69) is 6.92 Å². The van der Waals surface area contributed by atoms with Crippen LogP contribution in [0.3, 0.4) is 0 Å². The highest BCUT2D eigenvalue weighted by molar-refractivity contribution is 5.96. The Morgan fingerprint density at radius 1 is 1.26 bits per heavy atom. The molecule has 0 aromatic carbocycles. The first kappa shape index (κ1) is 14.4. The van der Waals surface area contributed by atoms with Gasteiger partial charge in [0.2, 0.25) is 5.91 Å². The van der Waals surface area contributed by atoms with Crippen molar-refractivity contribution in [1.29, 1.82) is 0 Å². The maximum Gasteiger partial charge on any atom is 0.327 e. The van der Waals surface area contributed by atoms with Crippen LogP contribution in [0.15, 0.2) is 0 Å². The monoisotopic (exact) mass is 266 g/mol. The van der Waals surface area contributed by atoms with Gasteiger partial charge < -0.3 is 4.90 Å². The molecule has 19 heavy (non-hydrogen) atoms. The van der Waals surface area contributed by atoms with Crippen LogP contribution in [-0.4, -0.2) is 40.9 Å². The minimum absolute atomic E-state index is 0.0132. The van der Waals surface area contributed by atoms with Crippen molar-refractivity contribution < 1.29 is 9.59 Å². The lowest BCUT2D eigenvalue weighted by molar-refractivity contribution is -0.130. The smallest absolute Gasteiger partial charge is 0.323 e. The van der Waals surface area contributed by atoms with Crippen molar-refractivity contribution in [2.24, 2.45) is 5.92 Å². The van der Waals surface area contributed by atoms with Gasteiger partial charge in [0, 0.05) is 13.5 Å². The molecule has 1 aliphatic heterocycles. The molecule has 2 atom stereocenters. The van der Waals surface area contributed by atoms with Gasteiger partial charge in [0.1, 0.15) is 0 Å². The molecular weight excluding hydrogens is 240 g/mol. The van der Waals surface area contributed by atoms with Crippen LogP contribution in [0.1, 0.15) is 58.8 Å². The second-order valence-electron chi connectivity index (χ2n) is 6.04. The second kappa shape index (κ2) is 5.93. The van der Waals surface area contributed by atoms with Crippen molar-refractivity contribution in [1.82, 2.24) is 9.80 Å². The predicted octanol–water partition coefficient (Wildman–Crippen LogP) is 3.02. The third-order valence-electron chi connectivity index (χ3n) is 4.78. The molecular formula is C15H26N2O2. The first-order valence-corrected chi connectivity index (χ1v) is 7.66. The van der Waals surface area contributed by atoms with Gasteiger partial charge in [-0.25, -0.2) is 4.79 Å². The number of hydrogen-bond acceptors (Lipinski definition) is 2. The Bertz CT molecular complexity index is 350. The van der Waals surface area contributed by atoms with E-state index in [4.69, 9.17) is 0 Å². The number of imide groups is 1. The highest BCUT2D eigenvalue weighted by atomic mass is 16.2. The molecule has 1 saturated heterocycles. The van der Waals surface area contributed by atoms with Gasteiger partial charge in [-0.2, -0.15) is 0 Å². The third-order valence-corrected chi connectivity index (χ3v) is 4.78. The van der Waals surface area contributed by atoms with E-state index in [-0.39, 0.29) is 24.0 Å².